The van der Waals surface area contributed by atoms with E-state index in [0.717, 1.165) is 11.4 Å². The molecule has 0 unspecified atom stereocenters. The highest BCUT2D eigenvalue weighted by molar-refractivity contribution is 6.26. The Morgan fingerprint density at radius 3 is 1.75 bits per heavy atom. The molecule has 11 rings (SSSR count). The van der Waals surface area contributed by atoms with Crippen LogP contribution >= 0.6 is 0 Å². The van der Waals surface area contributed by atoms with Gasteiger partial charge in [0, 0.05) is 38.9 Å². The standard InChI is InChI=1S/C55H40N2/c1-55(2)49-35-38(25-30-46(49)47-32-29-44(36-50(47)55)56(41-14-6-3-7-15-41)42-16-8-4-9-17-42)22-21-37-23-26-39(27-24-37)45-33-34-52-54-48(45)31-28-40-13-12-20-51(53(40)54)57(52)43-18-10-5-11-19-43/h3-36H,1-2H3/b22-21+. The first-order valence-electron chi connectivity index (χ1n) is 19.8. The topological polar surface area (TPSA) is 8.17 Å². The van der Waals surface area contributed by atoms with Crippen molar-refractivity contribution in [2.45, 2.75) is 19.3 Å². The highest BCUT2D eigenvalue weighted by Gasteiger charge is 2.36. The van der Waals surface area contributed by atoms with Gasteiger partial charge >= 0.3 is 0 Å². The second kappa shape index (κ2) is 13.0. The van der Waals surface area contributed by atoms with Gasteiger partial charge in [-0.25, -0.2) is 0 Å². The minimum Gasteiger partial charge on any atom is -0.310 e. The Balaban J connectivity index is 0.896. The molecule has 270 valence electrons. The van der Waals surface area contributed by atoms with E-state index in [-0.39, 0.29) is 5.41 Å². The van der Waals surface area contributed by atoms with E-state index in [4.69, 9.17) is 0 Å². The molecule has 1 heterocycles. The van der Waals surface area contributed by atoms with Crippen LogP contribution in [-0.4, -0.2) is 4.57 Å². The zero-order chi connectivity index (χ0) is 38.1. The van der Waals surface area contributed by atoms with Crippen LogP contribution in [0.15, 0.2) is 194 Å². The quantitative estimate of drug-likeness (QED) is 0.117. The fraction of sp³-hybridized carbons (Fsp3) is 0.0545. The Hall–Kier alpha value is -7.16. The largest absolute Gasteiger partial charge is 0.310 e. The fourth-order valence-electron chi connectivity index (χ4n) is 9.35. The molecule has 2 nitrogen and oxygen atoms in total. The van der Waals surface area contributed by atoms with Crippen LogP contribution in [0.1, 0.15) is 36.1 Å². The molecule has 0 bridgehead atoms. The average molecular weight is 729 g/mol. The molecule has 0 radical (unpaired) electrons. The monoisotopic (exact) mass is 728 g/mol. The summed E-state index contributed by atoms with van der Waals surface area (Å²) in [4.78, 5) is 2.35. The first-order chi connectivity index (χ1) is 28.0. The van der Waals surface area contributed by atoms with Crippen LogP contribution in [0.2, 0.25) is 0 Å². The van der Waals surface area contributed by atoms with E-state index >= 15 is 0 Å². The third kappa shape index (κ3) is 5.33. The van der Waals surface area contributed by atoms with Gasteiger partial charge in [-0.05, 0) is 116 Å². The summed E-state index contributed by atoms with van der Waals surface area (Å²) in [5.74, 6) is 0. The maximum atomic E-state index is 2.41. The average Bonchev–Trinajstić information content (AvgIpc) is 3.72. The molecule has 0 saturated carbocycles. The molecular weight excluding hydrogens is 689 g/mol. The normalized spacial score (nSPS) is 13.2. The van der Waals surface area contributed by atoms with Crippen LogP contribution in [0.3, 0.4) is 0 Å². The summed E-state index contributed by atoms with van der Waals surface area (Å²) in [6.45, 7) is 4.73. The molecule has 1 aliphatic rings. The van der Waals surface area contributed by atoms with Crippen molar-refractivity contribution in [3.63, 3.8) is 0 Å². The Kier molecular flexibility index (Phi) is 7.55. The molecule has 0 fully saturated rings. The van der Waals surface area contributed by atoms with Crippen LogP contribution in [0, 0.1) is 0 Å². The molecule has 0 saturated heterocycles. The van der Waals surface area contributed by atoms with Crippen molar-refractivity contribution in [1.82, 2.24) is 4.57 Å². The van der Waals surface area contributed by atoms with E-state index < -0.39 is 0 Å². The Labute approximate surface area is 333 Å². The molecule has 2 heteroatoms. The molecule has 0 aliphatic heterocycles. The first-order valence-corrected chi connectivity index (χ1v) is 19.8. The second-order valence-corrected chi connectivity index (χ2v) is 15.8. The SMILES string of the molecule is CC1(C)c2cc(/C=C/c3ccc(-c4ccc5c6c4ccc4cccc(c46)n5-c4ccccc4)cc3)ccc2-c2ccc(N(c3ccccc3)c3ccccc3)cc21. The molecule has 57 heavy (non-hydrogen) atoms. The molecule has 0 amide bonds. The molecule has 0 N–H and O–H groups in total. The van der Waals surface area contributed by atoms with Gasteiger partial charge in [0.05, 0.1) is 11.0 Å². The molecular formula is C55H40N2. The zero-order valence-electron chi connectivity index (χ0n) is 32.0. The van der Waals surface area contributed by atoms with E-state index in [0.29, 0.717) is 0 Å². The van der Waals surface area contributed by atoms with Crippen molar-refractivity contribution in [3.8, 4) is 27.9 Å². The molecule has 10 aromatic rings. The van der Waals surface area contributed by atoms with Gasteiger partial charge in [0.15, 0.2) is 0 Å². The van der Waals surface area contributed by atoms with E-state index in [2.05, 4.69) is 230 Å². The van der Waals surface area contributed by atoms with Crippen molar-refractivity contribution >= 4 is 61.8 Å². The van der Waals surface area contributed by atoms with Gasteiger partial charge in [0.1, 0.15) is 0 Å². The minimum absolute atomic E-state index is 0.144. The summed E-state index contributed by atoms with van der Waals surface area (Å²) in [5.41, 5.74) is 17.2. The van der Waals surface area contributed by atoms with Gasteiger partial charge in [-0.3, -0.25) is 0 Å². The third-order valence-electron chi connectivity index (χ3n) is 12.1. The summed E-state index contributed by atoms with van der Waals surface area (Å²) in [7, 11) is 0. The summed E-state index contributed by atoms with van der Waals surface area (Å²) in [5, 5.41) is 5.23. The number of para-hydroxylation sites is 3. The van der Waals surface area contributed by atoms with Crippen LogP contribution in [0.25, 0.3) is 72.7 Å². The lowest BCUT2D eigenvalue weighted by Crippen LogP contribution is -2.16. The van der Waals surface area contributed by atoms with Gasteiger partial charge in [0.25, 0.3) is 0 Å². The van der Waals surface area contributed by atoms with Gasteiger partial charge in [-0.2, -0.15) is 0 Å². The summed E-state index contributed by atoms with van der Waals surface area (Å²) in [6, 6.07) is 70.8. The lowest BCUT2D eigenvalue weighted by Gasteiger charge is -2.28. The van der Waals surface area contributed by atoms with Gasteiger partial charge < -0.3 is 9.47 Å². The van der Waals surface area contributed by atoms with Crippen molar-refractivity contribution in [2.24, 2.45) is 0 Å². The van der Waals surface area contributed by atoms with E-state index in [1.165, 1.54) is 88.5 Å². The summed E-state index contributed by atoms with van der Waals surface area (Å²) >= 11 is 0. The lowest BCUT2D eigenvalue weighted by atomic mass is 9.81. The number of anilines is 3. The number of fused-ring (bicyclic) bond motifs is 3. The van der Waals surface area contributed by atoms with Crippen LogP contribution in [-0.2, 0) is 5.41 Å². The Bertz CT molecular complexity index is 3080. The molecule has 1 aliphatic carbocycles. The predicted octanol–water partition coefficient (Wildman–Crippen LogP) is 15.0. The molecule has 1 aromatic heterocycles. The Morgan fingerprint density at radius 2 is 1.04 bits per heavy atom. The molecule has 0 spiro atoms. The number of hydrogen-bond acceptors (Lipinski definition) is 1. The van der Waals surface area contributed by atoms with E-state index in [1.54, 1.807) is 0 Å². The summed E-state index contributed by atoms with van der Waals surface area (Å²) in [6.07, 6.45) is 4.49. The van der Waals surface area contributed by atoms with Gasteiger partial charge in [-0.15, -0.1) is 0 Å². The Morgan fingerprint density at radius 1 is 0.439 bits per heavy atom. The van der Waals surface area contributed by atoms with E-state index in [9.17, 15) is 0 Å². The number of nitrogens with zero attached hydrogens (tertiary/aromatic N) is 2. The van der Waals surface area contributed by atoms with Crippen molar-refractivity contribution < 1.29 is 0 Å². The predicted molar refractivity (Wildman–Crippen MR) is 243 cm³/mol. The third-order valence-corrected chi connectivity index (χ3v) is 12.1. The number of aromatic nitrogens is 1. The number of benzene rings is 9. The highest BCUT2D eigenvalue weighted by Crippen LogP contribution is 2.51. The number of hydrogen-bond donors (Lipinski definition) is 0. The van der Waals surface area contributed by atoms with Crippen LogP contribution in [0.5, 0.6) is 0 Å². The second-order valence-electron chi connectivity index (χ2n) is 15.8. The van der Waals surface area contributed by atoms with Gasteiger partial charge in [0.2, 0.25) is 0 Å². The van der Waals surface area contributed by atoms with Crippen molar-refractivity contribution in [3.05, 3.63) is 216 Å². The lowest BCUT2D eigenvalue weighted by molar-refractivity contribution is 0.660. The van der Waals surface area contributed by atoms with Crippen LogP contribution in [0.4, 0.5) is 17.1 Å². The fourth-order valence-corrected chi connectivity index (χ4v) is 9.35. The maximum absolute atomic E-state index is 2.41. The number of rotatable bonds is 7. The first kappa shape index (κ1) is 33.2. The van der Waals surface area contributed by atoms with Crippen molar-refractivity contribution in [1.29, 1.82) is 0 Å². The smallest absolute Gasteiger partial charge is 0.0547 e. The summed E-state index contributed by atoms with van der Waals surface area (Å²) < 4.78 is 2.41. The molecule has 9 aromatic carbocycles. The van der Waals surface area contributed by atoms with Crippen LogP contribution < -0.4 is 4.90 Å². The van der Waals surface area contributed by atoms with Gasteiger partial charge in [-0.1, -0.05) is 159 Å². The molecule has 0 atom stereocenters. The maximum Gasteiger partial charge on any atom is 0.0547 e. The minimum atomic E-state index is -0.144. The zero-order valence-corrected chi connectivity index (χ0v) is 32.0. The highest BCUT2D eigenvalue weighted by atomic mass is 15.1. The van der Waals surface area contributed by atoms with E-state index in [1.807, 2.05) is 0 Å². The van der Waals surface area contributed by atoms with Crippen molar-refractivity contribution in [2.75, 3.05) is 4.90 Å².